The van der Waals surface area contributed by atoms with Gasteiger partial charge < -0.3 is 14.9 Å². The number of phenolic OH excluding ortho intramolecular Hbond substituents is 1. The molecule has 33 heavy (non-hydrogen) atoms. The van der Waals surface area contributed by atoms with Gasteiger partial charge in [0.1, 0.15) is 5.76 Å². The van der Waals surface area contributed by atoms with E-state index in [2.05, 4.69) is 4.98 Å². The van der Waals surface area contributed by atoms with Gasteiger partial charge in [-0.2, -0.15) is 0 Å². The predicted molar refractivity (Wildman–Crippen MR) is 126 cm³/mol. The SMILES string of the molecule is COc1cc(C2/C(=C(\O)c3ccccc3)C(=O)C(=O)N2c2nc3ccccc3s2)ccc1O. The second-order valence-corrected chi connectivity index (χ2v) is 8.44. The van der Waals surface area contributed by atoms with Crippen LogP contribution in [-0.2, 0) is 9.59 Å². The third-order valence-electron chi connectivity index (χ3n) is 5.50. The summed E-state index contributed by atoms with van der Waals surface area (Å²) >= 11 is 1.28. The summed E-state index contributed by atoms with van der Waals surface area (Å²) in [6.45, 7) is 0. The van der Waals surface area contributed by atoms with E-state index in [0.29, 0.717) is 21.8 Å². The van der Waals surface area contributed by atoms with E-state index in [-0.39, 0.29) is 22.8 Å². The van der Waals surface area contributed by atoms with E-state index >= 15 is 0 Å². The number of nitrogens with zero attached hydrogens (tertiary/aromatic N) is 2. The number of carbonyl (C=O) groups excluding carboxylic acids is 2. The molecule has 0 aliphatic carbocycles. The average molecular weight is 458 g/mol. The molecule has 1 fully saturated rings. The maximum Gasteiger partial charge on any atom is 0.301 e. The van der Waals surface area contributed by atoms with Crippen molar-refractivity contribution in [2.45, 2.75) is 6.04 Å². The van der Waals surface area contributed by atoms with Crippen molar-refractivity contribution < 1.29 is 24.5 Å². The minimum Gasteiger partial charge on any atom is -0.507 e. The number of amides is 1. The van der Waals surface area contributed by atoms with E-state index in [4.69, 9.17) is 4.74 Å². The number of aliphatic hydroxyl groups is 1. The summed E-state index contributed by atoms with van der Waals surface area (Å²) in [6.07, 6.45) is 0. The molecule has 164 valence electrons. The van der Waals surface area contributed by atoms with Gasteiger partial charge in [-0.25, -0.2) is 4.98 Å². The highest BCUT2D eigenvalue weighted by atomic mass is 32.1. The van der Waals surface area contributed by atoms with E-state index in [1.165, 1.54) is 29.4 Å². The Morgan fingerprint density at radius 3 is 2.48 bits per heavy atom. The maximum atomic E-state index is 13.3. The molecule has 1 aliphatic rings. The summed E-state index contributed by atoms with van der Waals surface area (Å²) in [5.74, 6) is -1.78. The van der Waals surface area contributed by atoms with Gasteiger partial charge in [-0.15, -0.1) is 0 Å². The van der Waals surface area contributed by atoms with Crippen molar-refractivity contribution in [2.75, 3.05) is 12.0 Å². The van der Waals surface area contributed by atoms with E-state index in [1.54, 1.807) is 42.5 Å². The lowest BCUT2D eigenvalue weighted by atomic mass is 9.95. The number of aromatic hydroxyl groups is 1. The van der Waals surface area contributed by atoms with Gasteiger partial charge in [0, 0.05) is 5.56 Å². The highest BCUT2D eigenvalue weighted by Crippen LogP contribution is 2.45. The minimum absolute atomic E-state index is 0.0572. The monoisotopic (exact) mass is 458 g/mol. The molecule has 1 amide bonds. The van der Waals surface area contributed by atoms with Crippen LogP contribution in [0.4, 0.5) is 5.13 Å². The topological polar surface area (TPSA) is 100.0 Å². The van der Waals surface area contributed by atoms with Crippen LogP contribution in [0.25, 0.3) is 16.0 Å². The molecule has 0 radical (unpaired) electrons. The lowest BCUT2D eigenvalue weighted by Crippen LogP contribution is -2.29. The molecule has 3 aromatic carbocycles. The van der Waals surface area contributed by atoms with Crippen LogP contribution in [0, 0.1) is 0 Å². The molecule has 8 heteroatoms. The zero-order chi connectivity index (χ0) is 23.1. The molecule has 2 heterocycles. The Labute approximate surface area is 192 Å². The maximum absolute atomic E-state index is 13.3. The molecule has 4 aromatic rings. The van der Waals surface area contributed by atoms with Crippen LogP contribution < -0.4 is 9.64 Å². The molecule has 5 rings (SSSR count). The highest BCUT2D eigenvalue weighted by Gasteiger charge is 2.48. The number of thiazole rings is 1. The average Bonchev–Trinajstić information content (AvgIpc) is 3.38. The molecule has 0 bridgehead atoms. The standard InChI is InChI=1S/C25H18N2O5S/c1-32-18-13-15(11-12-17(18)28)21-20(22(29)14-7-3-2-4-8-14)23(30)24(31)27(21)25-26-16-9-5-6-10-19(16)33-25/h2-13,21,28-29H,1H3/b22-20+. The van der Waals surface area contributed by atoms with E-state index in [9.17, 15) is 19.8 Å². The summed E-state index contributed by atoms with van der Waals surface area (Å²) in [4.78, 5) is 32.3. The number of methoxy groups -OCH3 is 1. The Bertz CT molecular complexity index is 1390. The molecule has 2 N–H and O–H groups in total. The molecule has 1 aliphatic heterocycles. The van der Waals surface area contributed by atoms with E-state index < -0.39 is 17.7 Å². The zero-order valence-corrected chi connectivity index (χ0v) is 18.2. The second-order valence-electron chi connectivity index (χ2n) is 7.43. The first-order chi connectivity index (χ1) is 16.0. The van der Waals surface area contributed by atoms with Gasteiger partial charge >= 0.3 is 5.91 Å². The summed E-state index contributed by atoms with van der Waals surface area (Å²) in [6, 6.07) is 19.6. The number of phenols is 1. The third kappa shape index (κ3) is 3.41. The number of para-hydroxylation sites is 1. The highest BCUT2D eigenvalue weighted by molar-refractivity contribution is 7.22. The number of hydrogen-bond donors (Lipinski definition) is 2. The largest absolute Gasteiger partial charge is 0.507 e. The fourth-order valence-electron chi connectivity index (χ4n) is 3.92. The van der Waals surface area contributed by atoms with Gasteiger partial charge in [-0.3, -0.25) is 14.5 Å². The number of Topliss-reactive ketones (excluding diaryl/α,β-unsaturated/α-hetero) is 1. The molecule has 1 saturated heterocycles. The lowest BCUT2D eigenvalue weighted by molar-refractivity contribution is -0.132. The van der Waals surface area contributed by atoms with Gasteiger partial charge in [0.15, 0.2) is 16.6 Å². The molecule has 0 spiro atoms. The van der Waals surface area contributed by atoms with Crippen molar-refractivity contribution in [1.29, 1.82) is 0 Å². The number of ether oxygens (including phenoxy) is 1. The van der Waals surface area contributed by atoms with Gasteiger partial charge in [0.25, 0.3) is 5.78 Å². The number of benzene rings is 3. The van der Waals surface area contributed by atoms with Crippen LogP contribution in [0.15, 0.2) is 78.4 Å². The molecule has 1 unspecified atom stereocenters. The Morgan fingerprint density at radius 2 is 1.76 bits per heavy atom. The summed E-state index contributed by atoms with van der Waals surface area (Å²) in [5.41, 5.74) is 1.54. The van der Waals surface area contributed by atoms with Crippen LogP contribution in [0.1, 0.15) is 17.2 Å². The van der Waals surface area contributed by atoms with Crippen molar-refractivity contribution >= 4 is 44.1 Å². The van der Waals surface area contributed by atoms with Crippen molar-refractivity contribution in [2.24, 2.45) is 0 Å². The fraction of sp³-hybridized carbons (Fsp3) is 0.0800. The number of rotatable bonds is 4. The van der Waals surface area contributed by atoms with Crippen LogP contribution in [-0.4, -0.2) is 34.0 Å². The van der Waals surface area contributed by atoms with Gasteiger partial charge in [0.05, 0.1) is 28.9 Å². The Balaban J connectivity index is 1.76. The van der Waals surface area contributed by atoms with Crippen molar-refractivity contribution in [3.8, 4) is 11.5 Å². The number of hydrogen-bond acceptors (Lipinski definition) is 7. The number of fused-ring (bicyclic) bond motifs is 1. The summed E-state index contributed by atoms with van der Waals surface area (Å²) < 4.78 is 6.10. The first-order valence-corrected chi connectivity index (χ1v) is 10.9. The Kier molecular flexibility index (Phi) is 5.07. The number of anilines is 1. The Morgan fingerprint density at radius 1 is 1.03 bits per heavy atom. The van der Waals surface area contributed by atoms with E-state index in [1.807, 2.05) is 24.3 Å². The number of aromatic nitrogens is 1. The molecule has 0 saturated carbocycles. The first kappa shape index (κ1) is 20.7. The second kappa shape index (κ2) is 8.07. The van der Waals surface area contributed by atoms with Crippen molar-refractivity contribution in [3.63, 3.8) is 0 Å². The van der Waals surface area contributed by atoms with Crippen LogP contribution in [0.2, 0.25) is 0 Å². The summed E-state index contributed by atoms with van der Waals surface area (Å²) in [7, 11) is 1.41. The number of aliphatic hydroxyl groups excluding tert-OH is 1. The minimum atomic E-state index is -0.958. The van der Waals surface area contributed by atoms with E-state index in [0.717, 1.165) is 4.70 Å². The van der Waals surface area contributed by atoms with Crippen molar-refractivity contribution in [3.05, 3.63) is 89.5 Å². The third-order valence-corrected chi connectivity index (χ3v) is 6.54. The predicted octanol–water partition coefficient (Wildman–Crippen LogP) is 4.64. The van der Waals surface area contributed by atoms with Gasteiger partial charge in [-0.1, -0.05) is 59.9 Å². The smallest absolute Gasteiger partial charge is 0.301 e. The quantitative estimate of drug-likeness (QED) is 0.263. The normalized spacial score (nSPS) is 17.6. The first-order valence-electron chi connectivity index (χ1n) is 10.1. The van der Waals surface area contributed by atoms with Crippen LogP contribution in [0.5, 0.6) is 11.5 Å². The fourth-order valence-corrected chi connectivity index (χ4v) is 4.92. The molecule has 7 nitrogen and oxygen atoms in total. The summed E-state index contributed by atoms with van der Waals surface area (Å²) in [5, 5.41) is 21.5. The van der Waals surface area contributed by atoms with Crippen LogP contribution in [0.3, 0.4) is 0 Å². The van der Waals surface area contributed by atoms with Crippen molar-refractivity contribution in [1.82, 2.24) is 4.98 Å². The molecule has 1 aromatic heterocycles. The Hall–Kier alpha value is -4.17. The zero-order valence-electron chi connectivity index (χ0n) is 17.4. The molecular weight excluding hydrogens is 440 g/mol. The van der Waals surface area contributed by atoms with Gasteiger partial charge in [0.2, 0.25) is 0 Å². The lowest BCUT2D eigenvalue weighted by Gasteiger charge is -2.23. The molecule has 1 atom stereocenters. The number of ketones is 1. The molecular formula is C25H18N2O5S. The van der Waals surface area contributed by atoms with Crippen LogP contribution >= 0.6 is 11.3 Å². The van der Waals surface area contributed by atoms with Gasteiger partial charge in [-0.05, 0) is 29.8 Å². The number of carbonyl (C=O) groups is 2.